The van der Waals surface area contributed by atoms with E-state index in [-0.39, 0.29) is 5.91 Å². The fourth-order valence-electron chi connectivity index (χ4n) is 2.40. The number of likely N-dealkylation sites (tertiary alicyclic amines) is 1. The summed E-state index contributed by atoms with van der Waals surface area (Å²) in [5, 5.41) is 2.90. The largest absolute Gasteiger partial charge is 0.493 e. The number of carbonyl (C=O) groups is 1. The van der Waals surface area contributed by atoms with Gasteiger partial charge in [0.2, 0.25) is 0 Å². The lowest BCUT2D eigenvalue weighted by molar-refractivity contribution is -0.878. The minimum atomic E-state index is 0.0455. The third kappa shape index (κ3) is 3.61. The van der Waals surface area contributed by atoms with Gasteiger partial charge in [-0.1, -0.05) is 0 Å². The van der Waals surface area contributed by atoms with Crippen molar-refractivity contribution < 1.29 is 19.2 Å². The van der Waals surface area contributed by atoms with Crippen LogP contribution in [0.4, 0.5) is 5.69 Å². The third-order valence-corrected chi connectivity index (χ3v) is 3.39. The first-order chi connectivity index (χ1) is 9.22. The molecule has 1 amide bonds. The van der Waals surface area contributed by atoms with Gasteiger partial charge in [-0.2, -0.15) is 0 Å². The first-order valence-electron chi connectivity index (χ1n) is 6.58. The summed E-state index contributed by atoms with van der Waals surface area (Å²) in [5.41, 5.74) is 0.737. The van der Waals surface area contributed by atoms with Gasteiger partial charge >= 0.3 is 0 Å². The van der Waals surface area contributed by atoms with Crippen molar-refractivity contribution in [2.45, 2.75) is 12.8 Å². The maximum atomic E-state index is 11.9. The summed E-state index contributed by atoms with van der Waals surface area (Å²) < 4.78 is 10.4. The van der Waals surface area contributed by atoms with Gasteiger partial charge in [0, 0.05) is 24.6 Å². The third-order valence-electron chi connectivity index (χ3n) is 3.39. The van der Waals surface area contributed by atoms with Crippen molar-refractivity contribution in [3.8, 4) is 11.5 Å². The Labute approximate surface area is 113 Å². The fraction of sp³-hybridized carbons (Fsp3) is 0.500. The average molecular weight is 265 g/mol. The van der Waals surface area contributed by atoms with Crippen LogP contribution in [0.1, 0.15) is 12.8 Å². The van der Waals surface area contributed by atoms with Gasteiger partial charge in [0.25, 0.3) is 5.91 Å². The van der Waals surface area contributed by atoms with E-state index in [1.807, 2.05) is 6.07 Å². The van der Waals surface area contributed by atoms with Crippen LogP contribution in [0.25, 0.3) is 0 Å². The van der Waals surface area contributed by atoms with Gasteiger partial charge in [0.15, 0.2) is 18.0 Å². The summed E-state index contributed by atoms with van der Waals surface area (Å²) in [6, 6.07) is 5.38. The van der Waals surface area contributed by atoms with Gasteiger partial charge < -0.3 is 19.7 Å². The molecule has 19 heavy (non-hydrogen) atoms. The first kappa shape index (κ1) is 13.7. The van der Waals surface area contributed by atoms with E-state index < -0.39 is 0 Å². The monoisotopic (exact) mass is 265 g/mol. The molecule has 1 aliphatic rings. The number of benzene rings is 1. The lowest BCUT2D eigenvalue weighted by atomic mass is 10.2. The quantitative estimate of drug-likeness (QED) is 0.806. The normalized spacial score (nSPS) is 15.3. The summed E-state index contributed by atoms with van der Waals surface area (Å²) in [7, 11) is 3.17. The molecule has 5 heteroatoms. The minimum absolute atomic E-state index is 0.0455. The Kier molecular flexibility index (Phi) is 4.63. The zero-order valence-electron chi connectivity index (χ0n) is 11.5. The zero-order valence-corrected chi connectivity index (χ0v) is 11.5. The Morgan fingerprint density at radius 1 is 1.21 bits per heavy atom. The Hall–Kier alpha value is -1.75. The van der Waals surface area contributed by atoms with Crippen LogP contribution in [0.2, 0.25) is 0 Å². The van der Waals surface area contributed by atoms with Gasteiger partial charge in [-0.25, -0.2) is 0 Å². The molecule has 2 rings (SSSR count). The summed E-state index contributed by atoms with van der Waals surface area (Å²) in [5.74, 6) is 1.32. The summed E-state index contributed by atoms with van der Waals surface area (Å²) in [4.78, 5) is 13.3. The van der Waals surface area contributed by atoms with Crippen LogP contribution in [-0.4, -0.2) is 39.8 Å². The predicted molar refractivity (Wildman–Crippen MR) is 73.0 cm³/mol. The second kappa shape index (κ2) is 6.43. The molecule has 104 valence electrons. The topological polar surface area (TPSA) is 52.0 Å². The van der Waals surface area contributed by atoms with Crippen molar-refractivity contribution in [1.29, 1.82) is 0 Å². The first-order valence-corrected chi connectivity index (χ1v) is 6.58. The molecule has 1 aromatic carbocycles. The minimum Gasteiger partial charge on any atom is -0.493 e. The number of hydrogen-bond donors (Lipinski definition) is 2. The number of hydrogen-bond acceptors (Lipinski definition) is 3. The van der Waals surface area contributed by atoms with Gasteiger partial charge in [-0.05, 0) is 12.1 Å². The highest BCUT2D eigenvalue weighted by Gasteiger charge is 2.19. The summed E-state index contributed by atoms with van der Waals surface area (Å²) >= 11 is 0. The van der Waals surface area contributed by atoms with Crippen molar-refractivity contribution in [2.24, 2.45) is 0 Å². The molecular formula is C14H21N2O3+. The van der Waals surface area contributed by atoms with Crippen LogP contribution in [0, 0.1) is 0 Å². The Bertz CT molecular complexity index is 442. The van der Waals surface area contributed by atoms with Gasteiger partial charge in [-0.3, -0.25) is 4.79 Å². The Balaban J connectivity index is 1.96. The number of quaternary nitrogens is 1. The van der Waals surface area contributed by atoms with Crippen LogP contribution >= 0.6 is 0 Å². The molecule has 0 unspecified atom stereocenters. The molecular weight excluding hydrogens is 244 g/mol. The average Bonchev–Trinajstić information content (AvgIpc) is 2.91. The fourth-order valence-corrected chi connectivity index (χ4v) is 2.40. The molecule has 0 spiro atoms. The Morgan fingerprint density at radius 3 is 2.53 bits per heavy atom. The highest BCUT2D eigenvalue weighted by atomic mass is 16.5. The van der Waals surface area contributed by atoms with Crippen molar-refractivity contribution >= 4 is 11.6 Å². The molecule has 0 radical (unpaired) electrons. The van der Waals surface area contributed by atoms with E-state index in [9.17, 15) is 4.79 Å². The van der Waals surface area contributed by atoms with E-state index in [0.29, 0.717) is 18.0 Å². The van der Waals surface area contributed by atoms with Crippen molar-refractivity contribution in [1.82, 2.24) is 0 Å². The Morgan fingerprint density at radius 2 is 1.89 bits per heavy atom. The second-order valence-corrected chi connectivity index (χ2v) is 4.75. The molecule has 1 aliphatic heterocycles. The maximum absolute atomic E-state index is 11.9. The van der Waals surface area contributed by atoms with E-state index >= 15 is 0 Å². The highest BCUT2D eigenvalue weighted by Crippen LogP contribution is 2.29. The lowest BCUT2D eigenvalue weighted by Crippen LogP contribution is -3.11. The van der Waals surface area contributed by atoms with E-state index in [1.165, 1.54) is 17.7 Å². The number of rotatable bonds is 5. The summed E-state index contributed by atoms with van der Waals surface area (Å²) in [6.07, 6.45) is 2.44. The van der Waals surface area contributed by atoms with E-state index in [4.69, 9.17) is 9.47 Å². The van der Waals surface area contributed by atoms with Gasteiger partial charge in [0.05, 0.1) is 27.3 Å². The molecule has 0 bridgehead atoms. The molecule has 0 aliphatic carbocycles. The van der Waals surface area contributed by atoms with Gasteiger partial charge in [0.1, 0.15) is 0 Å². The second-order valence-electron chi connectivity index (χ2n) is 4.75. The SMILES string of the molecule is COc1ccc(NC(=O)C[NH+]2CCCC2)cc1OC. The van der Waals surface area contributed by atoms with E-state index in [0.717, 1.165) is 18.8 Å². The van der Waals surface area contributed by atoms with Crippen LogP contribution in [-0.2, 0) is 4.79 Å². The van der Waals surface area contributed by atoms with Crippen LogP contribution in [0.5, 0.6) is 11.5 Å². The number of nitrogens with one attached hydrogen (secondary N) is 2. The smallest absolute Gasteiger partial charge is 0.279 e. The number of carbonyl (C=O) groups excluding carboxylic acids is 1. The van der Waals surface area contributed by atoms with E-state index in [2.05, 4.69) is 5.32 Å². The van der Waals surface area contributed by atoms with Crippen LogP contribution < -0.4 is 19.7 Å². The molecule has 2 N–H and O–H groups in total. The maximum Gasteiger partial charge on any atom is 0.279 e. The van der Waals surface area contributed by atoms with Crippen LogP contribution in [0.15, 0.2) is 18.2 Å². The van der Waals surface area contributed by atoms with E-state index in [1.54, 1.807) is 26.4 Å². The number of ether oxygens (including phenoxy) is 2. The lowest BCUT2D eigenvalue weighted by Gasteiger charge is -2.13. The molecule has 1 fully saturated rings. The van der Waals surface area contributed by atoms with Crippen molar-refractivity contribution in [2.75, 3.05) is 39.2 Å². The molecule has 1 saturated heterocycles. The molecule has 1 aromatic rings. The predicted octanol–water partition coefficient (Wildman–Crippen LogP) is 0.321. The molecule has 0 saturated carbocycles. The van der Waals surface area contributed by atoms with Crippen molar-refractivity contribution in [3.05, 3.63) is 18.2 Å². The molecule has 1 heterocycles. The number of methoxy groups -OCH3 is 2. The molecule has 5 nitrogen and oxygen atoms in total. The standard InChI is InChI=1S/C14H20N2O3/c1-18-12-6-5-11(9-13(12)19-2)15-14(17)10-16-7-3-4-8-16/h5-6,9H,3-4,7-8,10H2,1-2H3,(H,15,17)/p+1. The molecule has 0 aromatic heterocycles. The summed E-state index contributed by atoms with van der Waals surface area (Å²) in [6.45, 7) is 2.73. The number of amides is 1. The van der Waals surface area contributed by atoms with Gasteiger partial charge in [-0.15, -0.1) is 0 Å². The molecule has 0 atom stereocenters. The zero-order chi connectivity index (χ0) is 13.7. The van der Waals surface area contributed by atoms with Crippen LogP contribution in [0.3, 0.4) is 0 Å². The highest BCUT2D eigenvalue weighted by molar-refractivity contribution is 5.91. The van der Waals surface area contributed by atoms with Crippen molar-refractivity contribution in [3.63, 3.8) is 0 Å². The number of anilines is 1.